The third-order valence-corrected chi connectivity index (χ3v) is 28.9. The maximum atomic E-state index is 15.8. The molecule has 0 unspecified atom stereocenters. The number of carbonyl (C=O) groups is 17. The zero-order valence-electron chi connectivity index (χ0n) is 82.0. The number of aliphatic carboxylic acids is 1. The van der Waals surface area contributed by atoms with E-state index in [1.807, 2.05) is 18.2 Å². The third kappa shape index (κ3) is 31.0. The van der Waals surface area contributed by atoms with Gasteiger partial charge in [0.15, 0.2) is 5.78 Å². The van der Waals surface area contributed by atoms with Crippen LogP contribution in [0.1, 0.15) is 151 Å². The lowest BCUT2D eigenvalue weighted by molar-refractivity contribution is -0.143. The molecule has 39 nitrogen and oxygen atoms in total. The number of Topliss-reactive ketones (excluding diaryl/α,β-unsaturated/α-hetero) is 2. The molecule has 14 amide bonds. The number of thioether (sulfide) groups is 3. The summed E-state index contributed by atoms with van der Waals surface area (Å²) < 4.78 is 17.9. The van der Waals surface area contributed by atoms with E-state index in [0.29, 0.717) is 90.0 Å². The number of aliphatic hydroxyl groups is 1. The molecule has 0 radical (unpaired) electrons. The Bertz CT molecular complexity index is 5810. The first-order chi connectivity index (χ1) is 68.3. The first kappa shape index (κ1) is 110. The smallest absolute Gasteiger partial charge is 0.305 e. The Morgan fingerprint density at radius 1 is 0.483 bits per heavy atom. The number of carboxylic acid groups (broad SMARTS) is 1. The number of benzene rings is 5. The van der Waals surface area contributed by atoms with Crippen molar-refractivity contribution in [2.45, 2.75) is 225 Å². The Labute approximate surface area is 842 Å². The highest BCUT2D eigenvalue weighted by atomic mass is 32.2. The number of carboxylic acids is 1. The minimum Gasteiger partial charge on any atom is -0.497 e. The fraction of sp³-hybridized carbons (Fsp3) is 0.495. The van der Waals surface area contributed by atoms with E-state index in [0.717, 1.165) is 23.5 Å². The lowest BCUT2D eigenvalue weighted by Gasteiger charge is -2.32. The number of aromatic nitrogens is 2. The van der Waals surface area contributed by atoms with Crippen LogP contribution in [0.25, 0.3) is 21.8 Å². The van der Waals surface area contributed by atoms with Gasteiger partial charge in [0.1, 0.15) is 77.4 Å². The van der Waals surface area contributed by atoms with Crippen LogP contribution in [0.2, 0.25) is 0 Å². The highest BCUT2D eigenvalue weighted by Crippen LogP contribution is 2.32. The average Bonchev–Trinajstić information content (AvgIpc) is 0.887. The molecule has 1 saturated heterocycles. The van der Waals surface area contributed by atoms with E-state index in [4.69, 9.17) is 25.7 Å². The molecule has 0 aliphatic carbocycles. The molecule has 17 N–H and O–H groups in total. The normalized spacial score (nSPS) is 23.4. The van der Waals surface area contributed by atoms with Gasteiger partial charge in [0.2, 0.25) is 82.7 Å². The van der Waals surface area contributed by atoms with Crippen LogP contribution in [0, 0.1) is 23.7 Å². The second-order valence-electron chi connectivity index (χ2n) is 37.3. The number of nitrogens with one attached hydrogen (secondary N) is 11. The van der Waals surface area contributed by atoms with Crippen LogP contribution in [-0.4, -0.2) is 275 Å². The topological polar surface area (TPSA) is 563 Å². The summed E-state index contributed by atoms with van der Waals surface area (Å²) in [5, 5.41) is 47.0. The van der Waals surface area contributed by atoms with Crippen molar-refractivity contribution in [2.75, 3.05) is 68.9 Å². The van der Waals surface area contributed by atoms with Crippen molar-refractivity contribution >= 4 is 157 Å². The number of amides is 14. The van der Waals surface area contributed by atoms with Crippen LogP contribution in [0.15, 0.2) is 116 Å². The van der Waals surface area contributed by atoms with Crippen molar-refractivity contribution in [3.63, 3.8) is 0 Å². The van der Waals surface area contributed by atoms with Crippen molar-refractivity contribution in [2.24, 2.45) is 35.1 Å². The summed E-state index contributed by atoms with van der Waals surface area (Å²) in [5.41, 5.74) is 17.8. The van der Waals surface area contributed by atoms with Crippen LogP contribution < -0.4 is 73.5 Å². The summed E-state index contributed by atoms with van der Waals surface area (Å²) in [4.78, 5) is 263. The minimum absolute atomic E-state index is 0.0487. The monoisotopic (exact) mass is 2030 g/mol. The lowest BCUT2D eigenvalue weighted by Crippen LogP contribution is -2.61. The van der Waals surface area contributed by atoms with E-state index in [-0.39, 0.29) is 137 Å². The van der Waals surface area contributed by atoms with E-state index in [1.165, 1.54) is 65.7 Å². The maximum Gasteiger partial charge on any atom is 0.305 e. The number of ketones is 2. The van der Waals surface area contributed by atoms with Gasteiger partial charge in [0.05, 0.1) is 52.4 Å². The Hall–Kier alpha value is -13.1. The van der Waals surface area contributed by atoms with Crippen molar-refractivity contribution in [1.29, 1.82) is 0 Å². The summed E-state index contributed by atoms with van der Waals surface area (Å²) in [7, 11) is 4.42. The van der Waals surface area contributed by atoms with Crippen LogP contribution >= 0.6 is 35.3 Å². The SMILES string of the molecule is CC[C@@H]1CC(=O)[C@H]([C@@H](C)O)NC(=O)[C@@H](CC(=O)[C@H](C)N)CSCCC(=O)N2Cc3cc(cc(OC)c3)CN3Cc4cc(cc(OC)c4)CN(Cc4cc(cc(OC)c4)C2)C(=O)CCSC[C@H](NC1=O)C(=O)N[C@@H](Cc1c[nH]c2ccccc12)C(=O)N[C@@H](C(C)C)C(=O)N[C@@H](CC(=O)O)C(=O)NCC(=O)N[C@@H](Cc1c[nH]c2ccccc12)C(=O)N[C@@H](C(C)C)C(=O)N1CCC[C@H]1C(=O)N[C@H](C(N)=O)CSCCC3=O. The fourth-order valence-electron chi connectivity index (χ4n) is 17.8. The van der Waals surface area contributed by atoms with E-state index < -0.39 is 204 Å². The second kappa shape index (κ2) is 52.3. The molecule has 13 atom stereocenters. The molecule has 42 heteroatoms. The number of nitrogens with two attached hydrogens (primary N) is 2. The number of hydrogen-bond acceptors (Lipinski definition) is 25. The Morgan fingerprint density at radius 3 is 1.37 bits per heavy atom. The molecule has 2 aromatic heterocycles. The molecule has 5 aromatic carbocycles. The van der Waals surface area contributed by atoms with E-state index in [1.54, 1.807) is 133 Å². The molecule has 11 rings (SSSR count). The second-order valence-corrected chi connectivity index (χ2v) is 40.8. The van der Waals surface area contributed by atoms with Gasteiger partial charge in [0.25, 0.3) is 0 Å². The number of primary amides is 1. The molecule has 10 bridgehead atoms. The highest BCUT2D eigenvalue weighted by molar-refractivity contribution is 7.99. The Balaban J connectivity index is 1.02. The van der Waals surface area contributed by atoms with Gasteiger partial charge in [-0.2, -0.15) is 35.3 Å². The summed E-state index contributed by atoms with van der Waals surface area (Å²) in [6.45, 7) is 9.37. The van der Waals surface area contributed by atoms with Gasteiger partial charge in [0, 0.05) is 165 Å². The number of para-hydroxylation sites is 2. The van der Waals surface area contributed by atoms with Gasteiger partial charge in [-0.1, -0.05) is 89.2 Å². The van der Waals surface area contributed by atoms with Gasteiger partial charge in [-0.05, 0) is 138 Å². The summed E-state index contributed by atoms with van der Waals surface area (Å²) in [5.74, 6) is -17.7. The van der Waals surface area contributed by atoms with Crippen molar-refractivity contribution in [3.05, 3.63) is 160 Å². The van der Waals surface area contributed by atoms with Crippen LogP contribution in [-0.2, 0) is 134 Å². The third-order valence-electron chi connectivity index (χ3n) is 25.6. The average molecular weight is 2030 g/mol. The molecule has 770 valence electrons. The molecule has 6 heterocycles. The van der Waals surface area contributed by atoms with Gasteiger partial charge < -0.3 is 113 Å². The molecule has 0 spiro atoms. The molecule has 7 aromatic rings. The maximum absolute atomic E-state index is 15.8. The quantitative estimate of drug-likeness (QED) is 0.0612. The number of carbonyl (C=O) groups excluding carboxylic acids is 16. The van der Waals surface area contributed by atoms with Crippen molar-refractivity contribution < 1.29 is 106 Å². The van der Waals surface area contributed by atoms with Crippen molar-refractivity contribution in [1.82, 2.24) is 77.4 Å². The van der Waals surface area contributed by atoms with Crippen LogP contribution in [0.3, 0.4) is 0 Å². The van der Waals surface area contributed by atoms with E-state index in [2.05, 4.69) is 57.8 Å². The standard InChI is InChI=1S/C101H131N17O22S3/c1-11-65-40-83(121)91(58(7)119)114-94(130)68(41-82(120)57(6)102)52-141-26-22-85(123)115-46-59-29-61(34-69(32-59)138-8)48-116-49-62-31-64(37-71(35-62)140-10)51-117(50-63-30-60(47-115)33-70(36-63)139-9)87(125)24-28-143-54-80(111-93(65)129)98(134)108-77(39-67-44-105-75-20-15-13-18-73(67)75)97(133)112-89(55(2)3)100(136)109-78(42-88(126)127)95(131)106-45-84(122)107-76(38-66-43-104-74-19-14-12-17-72(66)74)96(132)113-90(56(4)5)101(137)118-25-16-21-81(118)99(135)110-79(92(103)128)53-142-27-23-86(116)124/h12-15,17-20,29-37,43-44,55-58,65,68,76-81,89-91,104-105,119H,11,16,21-28,38-42,45-54,102H2,1-10H3,(H2,103,128)(H,106,131)(H,107,122)(H,108,134)(H,109,136)(H,110,135)(H,111,129)(H,112,133)(H,113,132)(H,114,130)(H,126,127)/t57-,58+,65+,68-,76-,77-,78-,79-,80-,81-,89-,90-,91-/m0/s1. The first-order valence-corrected chi connectivity index (χ1v) is 51.4. The molecule has 4 aliphatic heterocycles. The number of ether oxygens (including phenoxy) is 3. The number of rotatable bonds is 17. The van der Waals surface area contributed by atoms with Gasteiger partial charge >= 0.3 is 5.97 Å². The number of methoxy groups -OCH3 is 3. The predicted octanol–water partition coefficient (Wildman–Crippen LogP) is 4.00. The number of fused-ring (bicyclic) bond motifs is 12. The highest BCUT2D eigenvalue weighted by Gasteiger charge is 2.43. The molecule has 4 aliphatic rings. The number of aromatic amines is 2. The first-order valence-electron chi connectivity index (χ1n) is 47.9. The van der Waals surface area contributed by atoms with Crippen molar-refractivity contribution in [3.8, 4) is 17.2 Å². The predicted molar refractivity (Wildman–Crippen MR) is 538 cm³/mol. The lowest BCUT2D eigenvalue weighted by atomic mass is 9.92. The van der Waals surface area contributed by atoms with Crippen LogP contribution in [0.4, 0.5) is 0 Å². The zero-order valence-corrected chi connectivity index (χ0v) is 84.5. The number of aliphatic hydroxyl groups excluding tert-OH is 1. The molecule has 143 heavy (non-hydrogen) atoms. The molecular weight excluding hydrogens is 1900 g/mol. The molecular formula is C101H131N17O22S3. The zero-order chi connectivity index (χ0) is 104. The number of nitrogens with zero attached hydrogens (tertiary/aromatic N) is 4. The van der Waals surface area contributed by atoms with Gasteiger partial charge in [-0.3, -0.25) is 81.5 Å². The summed E-state index contributed by atoms with van der Waals surface area (Å²) in [6, 6.07) is 15.2. The van der Waals surface area contributed by atoms with E-state index >= 15 is 38.4 Å². The number of H-pyrrole nitrogens is 2. The van der Waals surface area contributed by atoms with Gasteiger partial charge in [-0.25, -0.2) is 0 Å². The number of hydrogen-bond donors (Lipinski definition) is 15. The largest absolute Gasteiger partial charge is 0.497 e. The molecule has 1 fully saturated rings. The summed E-state index contributed by atoms with van der Waals surface area (Å²) in [6.07, 6.45) is -1.13. The fourth-order valence-corrected chi connectivity index (χ4v) is 20.7. The van der Waals surface area contributed by atoms with Gasteiger partial charge in [-0.15, -0.1) is 0 Å². The Morgan fingerprint density at radius 2 is 0.923 bits per heavy atom. The van der Waals surface area contributed by atoms with E-state index in [9.17, 15) is 53.4 Å². The molecule has 0 saturated carbocycles. The van der Waals surface area contributed by atoms with Crippen LogP contribution in [0.5, 0.6) is 17.2 Å². The Kier molecular flexibility index (Phi) is 40.3. The minimum atomic E-state index is -1.95. The summed E-state index contributed by atoms with van der Waals surface area (Å²) >= 11 is 3.36.